The minimum atomic E-state index is -1.80. The molecule has 3 rings (SSSR count). The van der Waals surface area contributed by atoms with Crippen molar-refractivity contribution >= 4 is 25.8 Å². The molecule has 0 atom stereocenters. The third-order valence-corrected chi connectivity index (χ3v) is 10.4. The Hall–Kier alpha value is -2.78. The van der Waals surface area contributed by atoms with Crippen LogP contribution in [0.5, 0.6) is 0 Å². The maximum Gasteiger partial charge on any atom is 0.229 e. The first-order valence-corrected chi connectivity index (χ1v) is 14.2. The number of hydrogen-bond acceptors (Lipinski definition) is 7. The molecule has 0 radical (unpaired) electrons. The third kappa shape index (κ3) is 6.61. The molecule has 0 amide bonds. The number of benzene rings is 1. The molecule has 2 heterocycles. The van der Waals surface area contributed by atoms with Crippen LogP contribution >= 0.6 is 0 Å². The van der Waals surface area contributed by atoms with E-state index in [0.29, 0.717) is 36.2 Å². The zero-order valence-electron chi connectivity index (χ0n) is 20.3. The molecule has 0 unspecified atom stereocenters. The minimum Gasteiger partial charge on any atom is -0.416 e. The van der Waals surface area contributed by atoms with E-state index in [1.807, 2.05) is 6.07 Å². The van der Waals surface area contributed by atoms with Crippen molar-refractivity contribution in [3.8, 4) is 11.3 Å². The van der Waals surface area contributed by atoms with Gasteiger partial charge >= 0.3 is 0 Å². The van der Waals surface area contributed by atoms with Crippen LogP contribution in [-0.2, 0) is 10.8 Å². The van der Waals surface area contributed by atoms with Gasteiger partial charge in [0.15, 0.2) is 14.1 Å². The maximum absolute atomic E-state index is 13.5. The Bertz CT molecular complexity index is 1070. The first-order chi connectivity index (χ1) is 15.6. The normalized spacial score (nSPS) is 12.1. The largest absolute Gasteiger partial charge is 0.416 e. The van der Waals surface area contributed by atoms with E-state index in [9.17, 15) is 4.39 Å². The van der Waals surface area contributed by atoms with Crippen molar-refractivity contribution in [1.29, 1.82) is 0 Å². The Labute approximate surface area is 196 Å². The zero-order valence-corrected chi connectivity index (χ0v) is 21.3. The van der Waals surface area contributed by atoms with Crippen molar-refractivity contribution in [3.05, 3.63) is 48.0 Å². The number of nitrogens with one attached hydrogen (secondary N) is 2. The molecule has 3 aromatic rings. The van der Waals surface area contributed by atoms with E-state index in [-0.39, 0.29) is 10.9 Å². The average Bonchev–Trinajstić information content (AvgIpc) is 3.20. The van der Waals surface area contributed by atoms with Crippen molar-refractivity contribution in [3.63, 3.8) is 0 Å². The van der Waals surface area contributed by atoms with Gasteiger partial charge in [0.1, 0.15) is 11.6 Å². The van der Waals surface area contributed by atoms with Gasteiger partial charge in [-0.25, -0.2) is 9.37 Å². The Morgan fingerprint density at radius 2 is 1.97 bits per heavy atom. The van der Waals surface area contributed by atoms with Crippen LogP contribution in [-0.4, -0.2) is 36.6 Å². The summed E-state index contributed by atoms with van der Waals surface area (Å²) in [6.07, 6.45) is 3.29. The highest BCUT2D eigenvalue weighted by molar-refractivity contribution is 6.74. The van der Waals surface area contributed by atoms with Crippen LogP contribution in [0, 0.1) is 5.82 Å². The monoisotopic (exact) mass is 471 g/mol. The number of rotatable bonds is 10. The van der Waals surface area contributed by atoms with Crippen LogP contribution in [0.2, 0.25) is 18.1 Å². The van der Waals surface area contributed by atoms with Gasteiger partial charge in [-0.1, -0.05) is 38.9 Å². The molecule has 0 aliphatic rings. The molecule has 9 heteroatoms. The van der Waals surface area contributed by atoms with E-state index in [4.69, 9.17) is 8.95 Å². The summed E-state index contributed by atoms with van der Waals surface area (Å²) >= 11 is 0. The fraction of sp³-hybridized carbons (Fsp3) is 0.458. The molecular weight excluding hydrogens is 437 g/mol. The lowest BCUT2D eigenvalue weighted by molar-refractivity contribution is 0.288. The predicted molar refractivity (Wildman–Crippen MR) is 133 cm³/mol. The summed E-state index contributed by atoms with van der Waals surface area (Å²) in [6.45, 7) is 14.6. The summed E-state index contributed by atoms with van der Waals surface area (Å²) in [6, 6.07) is 8.08. The number of nitrogens with zero attached hydrogens (tertiary/aromatic N) is 3. The molecule has 0 saturated heterocycles. The fourth-order valence-corrected chi connectivity index (χ4v) is 3.93. The van der Waals surface area contributed by atoms with Crippen LogP contribution in [0.3, 0.4) is 0 Å². The van der Waals surface area contributed by atoms with Gasteiger partial charge in [-0.3, -0.25) is 0 Å². The molecule has 0 spiro atoms. The van der Waals surface area contributed by atoms with E-state index in [1.165, 1.54) is 12.1 Å². The van der Waals surface area contributed by atoms with E-state index in [1.54, 1.807) is 18.3 Å². The first kappa shape index (κ1) is 24.9. The molecule has 0 aliphatic carbocycles. The van der Waals surface area contributed by atoms with Gasteiger partial charge in [0, 0.05) is 37.5 Å². The molecule has 0 bridgehead atoms. The Morgan fingerprint density at radius 3 is 2.67 bits per heavy atom. The van der Waals surface area contributed by atoms with E-state index in [0.717, 1.165) is 24.2 Å². The minimum absolute atomic E-state index is 0.167. The Balaban J connectivity index is 1.74. The Morgan fingerprint density at radius 1 is 1.18 bits per heavy atom. The summed E-state index contributed by atoms with van der Waals surface area (Å²) in [7, 11) is -1.80. The zero-order chi connectivity index (χ0) is 24.1. The summed E-state index contributed by atoms with van der Waals surface area (Å²) in [4.78, 5) is 8.97. The highest BCUT2D eigenvalue weighted by atomic mass is 28.4. The second-order valence-corrected chi connectivity index (χ2v) is 14.4. The van der Waals surface area contributed by atoms with E-state index < -0.39 is 8.32 Å². The number of hydrogen-bond donors (Lipinski definition) is 2. The number of aromatic nitrogens is 3. The lowest BCUT2D eigenvalue weighted by Crippen LogP contribution is -2.41. The highest BCUT2D eigenvalue weighted by Crippen LogP contribution is 2.36. The lowest BCUT2D eigenvalue weighted by atomic mass is 10.2. The summed E-state index contributed by atoms with van der Waals surface area (Å²) < 4.78 is 25.4. The number of anilines is 3. The van der Waals surface area contributed by atoms with Crippen LogP contribution in [0.25, 0.3) is 11.3 Å². The first-order valence-electron chi connectivity index (χ1n) is 11.3. The van der Waals surface area contributed by atoms with Crippen molar-refractivity contribution in [1.82, 2.24) is 15.1 Å². The summed E-state index contributed by atoms with van der Waals surface area (Å²) in [5, 5.41) is 10.7. The Kier molecular flexibility index (Phi) is 7.86. The smallest absolute Gasteiger partial charge is 0.229 e. The fourth-order valence-electron chi connectivity index (χ4n) is 2.88. The molecule has 0 aliphatic heterocycles. The molecule has 0 saturated carbocycles. The van der Waals surface area contributed by atoms with Gasteiger partial charge in [0.05, 0.1) is 11.3 Å². The molecular formula is C24H34FN5O2Si. The van der Waals surface area contributed by atoms with Crippen LogP contribution in [0.4, 0.5) is 21.8 Å². The molecule has 0 fully saturated rings. The van der Waals surface area contributed by atoms with Gasteiger partial charge in [-0.15, -0.1) is 0 Å². The van der Waals surface area contributed by atoms with Gasteiger partial charge in [-0.2, -0.15) is 4.98 Å². The van der Waals surface area contributed by atoms with E-state index in [2.05, 4.69) is 66.5 Å². The second-order valence-electron chi connectivity index (χ2n) is 9.56. The molecule has 178 valence electrons. The van der Waals surface area contributed by atoms with Gasteiger partial charge in [0.25, 0.3) is 0 Å². The maximum atomic E-state index is 13.5. The number of halogens is 1. The molecule has 2 aromatic heterocycles. The lowest BCUT2D eigenvalue weighted by Gasteiger charge is -2.36. The SMILES string of the molecule is CCCNc1nc(Nc2cccc(F)c2)ncc1-c1cc(CCO[Si](C)(C)C(C)(C)C)no1. The van der Waals surface area contributed by atoms with Crippen molar-refractivity contribution in [2.24, 2.45) is 0 Å². The molecule has 7 nitrogen and oxygen atoms in total. The van der Waals surface area contributed by atoms with Crippen molar-refractivity contribution < 1.29 is 13.3 Å². The molecule has 1 aromatic carbocycles. The van der Waals surface area contributed by atoms with Gasteiger partial charge in [0.2, 0.25) is 5.95 Å². The summed E-state index contributed by atoms with van der Waals surface area (Å²) in [5.74, 6) is 1.26. The standard InChI is InChI=1S/C24H34FN5O2Si/c1-7-12-26-22-20(16-27-23(29-22)28-18-10-8-9-17(25)14-18)21-15-19(30-32-21)11-13-31-33(5,6)24(2,3)4/h8-10,14-16H,7,11-13H2,1-6H3,(H2,26,27,28,29). The van der Waals surface area contributed by atoms with Crippen LogP contribution in [0.15, 0.2) is 41.1 Å². The van der Waals surface area contributed by atoms with Gasteiger partial charge < -0.3 is 19.6 Å². The quantitative estimate of drug-likeness (QED) is 0.331. The van der Waals surface area contributed by atoms with E-state index >= 15 is 0 Å². The van der Waals surface area contributed by atoms with Crippen molar-refractivity contribution in [2.75, 3.05) is 23.8 Å². The van der Waals surface area contributed by atoms with Gasteiger partial charge in [-0.05, 0) is 42.8 Å². The predicted octanol–water partition coefficient (Wildman–Crippen LogP) is 6.40. The van der Waals surface area contributed by atoms with Crippen molar-refractivity contribution in [2.45, 2.75) is 58.7 Å². The second kappa shape index (κ2) is 10.4. The average molecular weight is 472 g/mol. The third-order valence-electron chi connectivity index (χ3n) is 5.86. The topological polar surface area (TPSA) is 85.1 Å². The highest BCUT2D eigenvalue weighted by Gasteiger charge is 2.36. The van der Waals surface area contributed by atoms with Crippen LogP contribution in [0.1, 0.15) is 39.8 Å². The van der Waals surface area contributed by atoms with Crippen LogP contribution < -0.4 is 10.6 Å². The molecule has 2 N–H and O–H groups in total. The molecule has 33 heavy (non-hydrogen) atoms. The summed E-state index contributed by atoms with van der Waals surface area (Å²) in [5.41, 5.74) is 2.12.